The normalized spacial score (nSPS) is 12.4. The SMILES string of the molecule is CCCCCCCC/C=C\CCCCCCCC(=O)O[C@H](C)C(=O)O. The van der Waals surface area contributed by atoms with Crippen molar-refractivity contribution in [1.82, 2.24) is 0 Å². The molecule has 1 N–H and O–H groups in total. The average molecular weight is 355 g/mol. The fourth-order valence-electron chi connectivity index (χ4n) is 2.65. The van der Waals surface area contributed by atoms with Crippen molar-refractivity contribution >= 4 is 11.9 Å². The van der Waals surface area contributed by atoms with Crippen LogP contribution in [0.4, 0.5) is 0 Å². The van der Waals surface area contributed by atoms with Crippen LogP contribution in [-0.4, -0.2) is 23.1 Å². The van der Waals surface area contributed by atoms with Crippen LogP contribution in [0.25, 0.3) is 0 Å². The van der Waals surface area contributed by atoms with Crippen LogP contribution in [0.15, 0.2) is 12.2 Å². The minimum absolute atomic E-state index is 0.315. The fourth-order valence-corrected chi connectivity index (χ4v) is 2.65. The van der Waals surface area contributed by atoms with Crippen molar-refractivity contribution in [2.75, 3.05) is 0 Å². The van der Waals surface area contributed by atoms with Gasteiger partial charge in [0.15, 0.2) is 6.10 Å². The van der Waals surface area contributed by atoms with Crippen LogP contribution >= 0.6 is 0 Å². The topological polar surface area (TPSA) is 63.6 Å². The summed E-state index contributed by atoms with van der Waals surface area (Å²) in [7, 11) is 0. The summed E-state index contributed by atoms with van der Waals surface area (Å²) in [6, 6.07) is 0. The lowest BCUT2D eigenvalue weighted by Gasteiger charge is -2.08. The highest BCUT2D eigenvalue weighted by atomic mass is 16.6. The first-order valence-corrected chi connectivity index (χ1v) is 10.1. The van der Waals surface area contributed by atoms with E-state index in [-0.39, 0.29) is 0 Å². The molecule has 0 aromatic heterocycles. The van der Waals surface area contributed by atoms with Gasteiger partial charge in [0, 0.05) is 6.42 Å². The van der Waals surface area contributed by atoms with Gasteiger partial charge in [-0.05, 0) is 39.0 Å². The summed E-state index contributed by atoms with van der Waals surface area (Å²) >= 11 is 0. The minimum atomic E-state index is -1.10. The Labute approximate surface area is 154 Å². The number of esters is 1. The highest BCUT2D eigenvalue weighted by Gasteiger charge is 2.15. The van der Waals surface area contributed by atoms with Crippen molar-refractivity contribution in [2.24, 2.45) is 0 Å². The molecule has 0 saturated carbocycles. The maximum Gasteiger partial charge on any atom is 0.344 e. The lowest BCUT2D eigenvalue weighted by molar-refractivity contribution is -0.162. The van der Waals surface area contributed by atoms with Crippen LogP contribution in [0, 0.1) is 0 Å². The Bertz CT molecular complexity index is 363. The van der Waals surface area contributed by atoms with Gasteiger partial charge in [-0.1, -0.05) is 70.4 Å². The van der Waals surface area contributed by atoms with Gasteiger partial charge < -0.3 is 9.84 Å². The Morgan fingerprint density at radius 3 is 1.84 bits per heavy atom. The molecule has 0 radical (unpaired) electrons. The second-order valence-electron chi connectivity index (χ2n) is 6.80. The summed E-state index contributed by atoms with van der Waals surface area (Å²) in [6.45, 7) is 3.62. The monoisotopic (exact) mass is 354 g/mol. The second-order valence-corrected chi connectivity index (χ2v) is 6.80. The maximum atomic E-state index is 11.4. The highest BCUT2D eigenvalue weighted by molar-refractivity contribution is 5.77. The molecule has 0 fully saturated rings. The number of carboxylic acids is 1. The predicted molar refractivity (Wildman–Crippen MR) is 103 cm³/mol. The molecule has 4 nitrogen and oxygen atoms in total. The number of hydrogen-bond acceptors (Lipinski definition) is 3. The third kappa shape index (κ3) is 17.3. The van der Waals surface area contributed by atoms with Crippen molar-refractivity contribution in [1.29, 1.82) is 0 Å². The molecule has 0 aromatic carbocycles. The van der Waals surface area contributed by atoms with Crippen LogP contribution in [0.5, 0.6) is 0 Å². The molecular formula is C21H38O4. The molecule has 0 unspecified atom stereocenters. The number of carbonyl (C=O) groups excluding carboxylic acids is 1. The van der Waals surface area contributed by atoms with Gasteiger partial charge in [-0.25, -0.2) is 4.79 Å². The van der Waals surface area contributed by atoms with Gasteiger partial charge in [0.2, 0.25) is 0 Å². The van der Waals surface area contributed by atoms with Crippen LogP contribution in [0.3, 0.4) is 0 Å². The van der Waals surface area contributed by atoms with E-state index in [9.17, 15) is 9.59 Å². The number of allylic oxidation sites excluding steroid dienone is 2. The number of carbonyl (C=O) groups is 2. The van der Waals surface area contributed by atoms with Gasteiger partial charge >= 0.3 is 11.9 Å². The largest absolute Gasteiger partial charge is 0.479 e. The zero-order chi connectivity index (χ0) is 18.8. The van der Waals surface area contributed by atoms with Gasteiger partial charge in [0.25, 0.3) is 0 Å². The highest BCUT2D eigenvalue weighted by Crippen LogP contribution is 2.10. The summed E-state index contributed by atoms with van der Waals surface area (Å²) < 4.78 is 4.78. The second kappa shape index (κ2) is 17.5. The Hall–Kier alpha value is -1.32. The quantitative estimate of drug-likeness (QED) is 0.196. The molecule has 0 spiro atoms. The molecule has 4 heteroatoms. The number of carboxylic acid groups (broad SMARTS) is 1. The van der Waals surface area contributed by atoms with E-state index in [1.807, 2.05) is 0 Å². The Kier molecular flexibility index (Phi) is 16.6. The standard InChI is InChI=1S/C21H38O4/c1-3-4-5-6-7-8-9-10-11-12-13-14-15-16-17-18-20(22)25-19(2)21(23)24/h10-11,19H,3-9,12-18H2,1-2H3,(H,23,24)/b11-10-/t19-/m1/s1. The molecule has 0 saturated heterocycles. The molecule has 0 rings (SSSR count). The Morgan fingerprint density at radius 2 is 1.32 bits per heavy atom. The molecular weight excluding hydrogens is 316 g/mol. The molecule has 0 amide bonds. The molecule has 0 bridgehead atoms. The first kappa shape index (κ1) is 23.7. The summed E-state index contributed by atoms with van der Waals surface area (Å²) in [5, 5.41) is 8.65. The summed E-state index contributed by atoms with van der Waals surface area (Å²) in [6.07, 6.45) is 19.7. The van der Waals surface area contributed by atoms with Crippen molar-refractivity contribution in [3.63, 3.8) is 0 Å². The summed E-state index contributed by atoms with van der Waals surface area (Å²) in [4.78, 5) is 22.0. The van der Waals surface area contributed by atoms with Gasteiger partial charge in [0.1, 0.15) is 0 Å². The van der Waals surface area contributed by atoms with Crippen LogP contribution < -0.4 is 0 Å². The number of rotatable bonds is 17. The Balaban J connectivity index is 3.29. The number of hydrogen-bond donors (Lipinski definition) is 1. The first-order chi connectivity index (χ1) is 12.1. The summed E-state index contributed by atoms with van der Waals surface area (Å²) in [5.74, 6) is -1.51. The number of unbranched alkanes of at least 4 members (excludes halogenated alkanes) is 11. The van der Waals surface area contributed by atoms with Crippen molar-refractivity contribution in [3.8, 4) is 0 Å². The average Bonchev–Trinajstić information content (AvgIpc) is 2.58. The van der Waals surface area contributed by atoms with E-state index in [2.05, 4.69) is 19.1 Å². The third-order valence-corrected chi connectivity index (χ3v) is 4.30. The predicted octanol–water partition coefficient (Wildman–Crippen LogP) is 6.04. The lowest BCUT2D eigenvalue weighted by atomic mass is 10.1. The molecule has 0 aromatic rings. The van der Waals surface area contributed by atoms with E-state index in [0.29, 0.717) is 6.42 Å². The lowest BCUT2D eigenvalue weighted by Crippen LogP contribution is -2.23. The van der Waals surface area contributed by atoms with Crippen LogP contribution in [-0.2, 0) is 14.3 Å². The van der Waals surface area contributed by atoms with Gasteiger partial charge in [-0.2, -0.15) is 0 Å². The van der Waals surface area contributed by atoms with Gasteiger partial charge in [-0.3, -0.25) is 4.79 Å². The molecule has 0 aliphatic heterocycles. The number of ether oxygens (including phenoxy) is 1. The smallest absolute Gasteiger partial charge is 0.344 e. The van der Waals surface area contributed by atoms with Gasteiger partial charge in [0.05, 0.1) is 0 Å². The zero-order valence-electron chi connectivity index (χ0n) is 16.3. The first-order valence-electron chi connectivity index (χ1n) is 10.1. The van der Waals surface area contributed by atoms with E-state index < -0.39 is 18.0 Å². The van der Waals surface area contributed by atoms with E-state index in [1.165, 1.54) is 64.7 Å². The third-order valence-electron chi connectivity index (χ3n) is 4.30. The molecule has 25 heavy (non-hydrogen) atoms. The molecule has 0 heterocycles. The molecule has 0 aliphatic carbocycles. The molecule has 0 aliphatic rings. The number of aliphatic carboxylic acids is 1. The van der Waals surface area contributed by atoms with Crippen molar-refractivity contribution in [3.05, 3.63) is 12.2 Å². The Morgan fingerprint density at radius 1 is 0.840 bits per heavy atom. The maximum absolute atomic E-state index is 11.4. The minimum Gasteiger partial charge on any atom is -0.479 e. The van der Waals surface area contributed by atoms with E-state index >= 15 is 0 Å². The van der Waals surface area contributed by atoms with Crippen molar-refractivity contribution < 1.29 is 19.4 Å². The zero-order valence-corrected chi connectivity index (χ0v) is 16.3. The van der Waals surface area contributed by atoms with E-state index in [4.69, 9.17) is 9.84 Å². The van der Waals surface area contributed by atoms with Crippen molar-refractivity contribution in [2.45, 2.75) is 110 Å². The van der Waals surface area contributed by atoms with Crippen LogP contribution in [0.2, 0.25) is 0 Å². The summed E-state index contributed by atoms with van der Waals surface area (Å²) in [5.41, 5.74) is 0. The van der Waals surface area contributed by atoms with E-state index in [1.54, 1.807) is 0 Å². The molecule has 146 valence electrons. The van der Waals surface area contributed by atoms with Gasteiger partial charge in [-0.15, -0.1) is 0 Å². The van der Waals surface area contributed by atoms with Crippen LogP contribution in [0.1, 0.15) is 104 Å². The molecule has 1 atom stereocenters. The fraction of sp³-hybridized carbons (Fsp3) is 0.810. The van der Waals surface area contributed by atoms with E-state index in [0.717, 1.165) is 25.7 Å².